The van der Waals surface area contributed by atoms with Crippen molar-refractivity contribution >= 4 is 29.3 Å². The molecule has 1 aliphatic rings. The molecule has 2 amide bonds. The van der Waals surface area contributed by atoms with Crippen LogP contribution in [0.1, 0.15) is 29.2 Å². The van der Waals surface area contributed by atoms with Crippen LogP contribution >= 0.6 is 11.8 Å². The second-order valence-electron chi connectivity index (χ2n) is 6.67. The Bertz CT molecular complexity index is 1060. The molecule has 0 unspecified atom stereocenters. The molecule has 0 aliphatic heterocycles. The van der Waals surface area contributed by atoms with E-state index in [4.69, 9.17) is 5.73 Å². The number of amides is 2. The number of benzene rings is 2. The van der Waals surface area contributed by atoms with Gasteiger partial charge in [-0.2, -0.15) is 0 Å². The first-order chi connectivity index (χ1) is 14.0. The third-order valence-corrected chi connectivity index (χ3v) is 5.42. The summed E-state index contributed by atoms with van der Waals surface area (Å²) in [5.41, 5.74) is 6.54. The number of nitrogens with two attached hydrogens (primary N) is 1. The van der Waals surface area contributed by atoms with Crippen molar-refractivity contribution in [2.45, 2.75) is 24.0 Å². The average Bonchev–Trinajstić information content (AvgIpc) is 3.46. The lowest BCUT2D eigenvalue weighted by atomic mass is 10.2. The van der Waals surface area contributed by atoms with Gasteiger partial charge in [0.05, 0.1) is 11.3 Å². The fraction of sp³-hybridized carbons (Fsp3) is 0.200. The SMILES string of the molecule is NC(=O)c1ccc(NC(=O)CSc2nnc(-c3ccccc3F)n2C2CC2)cc1. The number of rotatable bonds is 7. The second-order valence-corrected chi connectivity index (χ2v) is 7.61. The number of anilines is 1. The number of thioether (sulfide) groups is 1. The van der Waals surface area contributed by atoms with Crippen LogP contribution in [0.3, 0.4) is 0 Å². The van der Waals surface area contributed by atoms with Crippen LogP contribution in [0.4, 0.5) is 10.1 Å². The summed E-state index contributed by atoms with van der Waals surface area (Å²) in [6.45, 7) is 0. The largest absolute Gasteiger partial charge is 0.366 e. The lowest BCUT2D eigenvalue weighted by molar-refractivity contribution is -0.113. The Hall–Kier alpha value is -3.20. The smallest absolute Gasteiger partial charge is 0.248 e. The van der Waals surface area contributed by atoms with Gasteiger partial charge in [-0.05, 0) is 49.2 Å². The minimum Gasteiger partial charge on any atom is -0.366 e. The Morgan fingerprint density at radius 1 is 1.14 bits per heavy atom. The number of halogens is 1. The monoisotopic (exact) mass is 411 g/mol. The van der Waals surface area contributed by atoms with E-state index in [-0.39, 0.29) is 23.5 Å². The third kappa shape index (κ3) is 4.29. The van der Waals surface area contributed by atoms with Crippen LogP contribution in [-0.4, -0.2) is 32.3 Å². The molecule has 1 aliphatic carbocycles. The van der Waals surface area contributed by atoms with E-state index in [1.54, 1.807) is 42.5 Å². The number of carbonyl (C=O) groups is 2. The van der Waals surface area contributed by atoms with Crippen LogP contribution < -0.4 is 11.1 Å². The van der Waals surface area contributed by atoms with Crippen molar-refractivity contribution in [2.75, 3.05) is 11.1 Å². The number of carbonyl (C=O) groups excluding carboxylic acids is 2. The molecule has 3 N–H and O–H groups in total. The quantitative estimate of drug-likeness (QED) is 0.581. The lowest BCUT2D eigenvalue weighted by Gasteiger charge is -2.09. The number of hydrogen-bond acceptors (Lipinski definition) is 5. The molecular formula is C20H18FN5O2S. The predicted molar refractivity (Wildman–Crippen MR) is 108 cm³/mol. The molecule has 4 rings (SSSR count). The van der Waals surface area contributed by atoms with Gasteiger partial charge in [-0.25, -0.2) is 4.39 Å². The number of primary amides is 1. The molecule has 0 saturated heterocycles. The minimum atomic E-state index is -0.525. The molecule has 148 valence electrons. The Morgan fingerprint density at radius 2 is 1.86 bits per heavy atom. The Labute approximate surface area is 170 Å². The molecule has 1 saturated carbocycles. The molecule has 0 spiro atoms. The van der Waals surface area contributed by atoms with E-state index in [2.05, 4.69) is 15.5 Å². The minimum absolute atomic E-state index is 0.125. The van der Waals surface area contributed by atoms with Crippen molar-refractivity contribution in [1.29, 1.82) is 0 Å². The number of nitrogens with one attached hydrogen (secondary N) is 1. The van der Waals surface area contributed by atoms with Gasteiger partial charge in [0.1, 0.15) is 5.82 Å². The highest BCUT2D eigenvalue weighted by atomic mass is 32.2. The van der Waals surface area contributed by atoms with Crippen molar-refractivity contribution in [3.8, 4) is 11.4 Å². The molecule has 1 aromatic heterocycles. The zero-order chi connectivity index (χ0) is 20.4. The molecule has 1 heterocycles. The number of aromatic nitrogens is 3. The van der Waals surface area contributed by atoms with Crippen LogP contribution in [0.15, 0.2) is 53.7 Å². The normalized spacial score (nSPS) is 13.3. The van der Waals surface area contributed by atoms with E-state index >= 15 is 0 Å². The van der Waals surface area contributed by atoms with Crippen LogP contribution in [0.25, 0.3) is 11.4 Å². The summed E-state index contributed by atoms with van der Waals surface area (Å²) in [6, 6.07) is 13.0. The Balaban J connectivity index is 1.45. The zero-order valence-corrected chi connectivity index (χ0v) is 16.2. The first-order valence-electron chi connectivity index (χ1n) is 9.05. The zero-order valence-electron chi connectivity index (χ0n) is 15.3. The Morgan fingerprint density at radius 3 is 2.52 bits per heavy atom. The molecule has 2 aromatic carbocycles. The molecule has 3 aromatic rings. The average molecular weight is 411 g/mol. The topological polar surface area (TPSA) is 103 Å². The Kier molecular flexibility index (Phi) is 5.30. The number of nitrogens with zero attached hydrogens (tertiary/aromatic N) is 3. The second kappa shape index (κ2) is 8.04. The molecule has 29 heavy (non-hydrogen) atoms. The summed E-state index contributed by atoms with van der Waals surface area (Å²) in [5, 5.41) is 11.7. The fourth-order valence-electron chi connectivity index (χ4n) is 2.91. The molecule has 0 radical (unpaired) electrons. The molecule has 7 nitrogen and oxygen atoms in total. The predicted octanol–water partition coefficient (Wildman–Crippen LogP) is 3.25. The summed E-state index contributed by atoms with van der Waals surface area (Å²) in [7, 11) is 0. The molecule has 1 fully saturated rings. The standard InChI is InChI=1S/C20H18FN5O2S/c21-16-4-2-1-3-15(16)19-24-25-20(26(19)14-9-10-14)29-11-17(27)23-13-7-5-12(6-8-13)18(22)28/h1-8,14H,9-11H2,(H2,22,28)(H,23,27). The maximum absolute atomic E-state index is 14.2. The summed E-state index contributed by atoms with van der Waals surface area (Å²) >= 11 is 1.25. The van der Waals surface area contributed by atoms with Gasteiger partial charge >= 0.3 is 0 Å². The highest BCUT2D eigenvalue weighted by Crippen LogP contribution is 2.41. The first-order valence-corrected chi connectivity index (χ1v) is 10.0. The van der Waals surface area contributed by atoms with Crippen molar-refractivity contribution < 1.29 is 14.0 Å². The van der Waals surface area contributed by atoms with E-state index in [9.17, 15) is 14.0 Å². The molecule has 0 atom stereocenters. The lowest BCUT2D eigenvalue weighted by Crippen LogP contribution is -2.15. The first kappa shape index (κ1) is 19.1. The fourth-order valence-corrected chi connectivity index (χ4v) is 3.71. The van der Waals surface area contributed by atoms with E-state index in [0.717, 1.165) is 12.8 Å². The van der Waals surface area contributed by atoms with Gasteiger partial charge in [-0.1, -0.05) is 23.9 Å². The maximum Gasteiger partial charge on any atom is 0.248 e. The van der Waals surface area contributed by atoms with E-state index < -0.39 is 5.91 Å². The number of hydrogen-bond donors (Lipinski definition) is 2. The van der Waals surface area contributed by atoms with Gasteiger partial charge in [0.2, 0.25) is 11.8 Å². The van der Waals surface area contributed by atoms with E-state index in [1.165, 1.54) is 17.8 Å². The molecule has 9 heteroatoms. The van der Waals surface area contributed by atoms with Gasteiger partial charge in [0.15, 0.2) is 11.0 Å². The van der Waals surface area contributed by atoms with Crippen LogP contribution in [-0.2, 0) is 4.79 Å². The van der Waals surface area contributed by atoms with Gasteiger partial charge in [0, 0.05) is 17.3 Å². The van der Waals surface area contributed by atoms with Crippen molar-refractivity contribution in [2.24, 2.45) is 5.73 Å². The van der Waals surface area contributed by atoms with E-state index in [1.807, 2.05) is 4.57 Å². The van der Waals surface area contributed by atoms with Gasteiger partial charge in [0.25, 0.3) is 0 Å². The van der Waals surface area contributed by atoms with Crippen molar-refractivity contribution in [1.82, 2.24) is 14.8 Å². The van der Waals surface area contributed by atoms with E-state index in [0.29, 0.717) is 27.8 Å². The molecule has 0 bridgehead atoms. The summed E-state index contributed by atoms with van der Waals surface area (Å²) in [6.07, 6.45) is 1.96. The van der Waals surface area contributed by atoms with Crippen LogP contribution in [0, 0.1) is 5.82 Å². The van der Waals surface area contributed by atoms with Crippen molar-refractivity contribution in [3.05, 3.63) is 59.9 Å². The summed E-state index contributed by atoms with van der Waals surface area (Å²) in [5.74, 6) is -0.492. The van der Waals surface area contributed by atoms with Crippen LogP contribution in [0.5, 0.6) is 0 Å². The van der Waals surface area contributed by atoms with Gasteiger partial charge < -0.3 is 11.1 Å². The highest BCUT2D eigenvalue weighted by molar-refractivity contribution is 7.99. The summed E-state index contributed by atoms with van der Waals surface area (Å²) < 4.78 is 16.1. The highest BCUT2D eigenvalue weighted by Gasteiger charge is 2.31. The molecular weight excluding hydrogens is 393 g/mol. The van der Waals surface area contributed by atoms with Gasteiger partial charge in [-0.3, -0.25) is 14.2 Å². The van der Waals surface area contributed by atoms with Gasteiger partial charge in [-0.15, -0.1) is 10.2 Å². The van der Waals surface area contributed by atoms with Crippen molar-refractivity contribution in [3.63, 3.8) is 0 Å². The van der Waals surface area contributed by atoms with Crippen LogP contribution in [0.2, 0.25) is 0 Å². The third-order valence-electron chi connectivity index (χ3n) is 4.48. The maximum atomic E-state index is 14.2. The summed E-state index contributed by atoms with van der Waals surface area (Å²) in [4.78, 5) is 23.4.